The van der Waals surface area contributed by atoms with E-state index in [1.807, 2.05) is 54.6 Å². The highest BCUT2D eigenvalue weighted by molar-refractivity contribution is 5.88. The molecule has 2 aromatic carbocycles. The Morgan fingerprint density at radius 2 is 2.00 bits per heavy atom. The lowest BCUT2D eigenvalue weighted by Gasteiger charge is -2.18. The summed E-state index contributed by atoms with van der Waals surface area (Å²) in [6, 6.07) is 15.6. The maximum absolute atomic E-state index is 12.5. The zero-order valence-electron chi connectivity index (χ0n) is 16.0. The zero-order valence-corrected chi connectivity index (χ0v) is 16.0. The molecule has 0 saturated heterocycles. The highest BCUT2D eigenvalue weighted by Gasteiger charge is 2.30. The van der Waals surface area contributed by atoms with Gasteiger partial charge in [0.05, 0.1) is 20.3 Å². The number of carbonyl (C=O) groups excluding carboxylic acids is 1. The van der Waals surface area contributed by atoms with E-state index in [4.69, 9.17) is 14.2 Å². The number of aliphatic carboxylic acids is 1. The number of hydrogen-bond acceptors (Lipinski definition) is 5. The zero-order chi connectivity index (χ0) is 20.6. The van der Waals surface area contributed by atoms with Gasteiger partial charge >= 0.3 is 5.97 Å². The Morgan fingerprint density at radius 3 is 2.72 bits per heavy atom. The maximum Gasteiger partial charge on any atom is 0.328 e. The molecule has 29 heavy (non-hydrogen) atoms. The average Bonchev–Trinajstić information content (AvgIpc) is 3.24. The summed E-state index contributed by atoms with van der Waals surface area (Å²) in [5, 5.41) is 11.9. The molecule has 3 rings (SSSR count). The second kappa shape index (κ2) is 9.75. The van der Waals surface area contributed by atoms with Crippen molar-refractivity contribution in [2.75, 3.05) is 13.7 Å². The number of carboxylic acid groups (broad SMARTS) is 1. The lowest BCUT2D eigenvalue weighted by molar-refractivity contribution is -0.145. The molecule has 2 N–H and O–H groups in total. The van der Waals surface area contributed by atoms with Crippen molar-refractivity contribution in [2.45, 2.75) is 25.2 Å². The van der Waals surface area contributed by atoms with Crippen LogP contribution in [0.2, 0.25) is 0 Å². The maximum atomic E-state index is 12.5. The predicted molar refractivity (Wildman–Crippen MR) is 106 cm³/mol. The van der Waals surface area contributed by atoms with Crippen LogP contribution in [0.5, 0.6) is 5.75 Å². The Labute approximate surface area is 168 Å². The third-order valence-corrected chi connectivity index (χ3v) is 4.44. The molecule has 0 fully saturated rings. The minimum absolute atomic E-state index is 0.140. The van der Waals surface area contributed by atoms with Crippen molar-refractivity contribution in [3.05, 3.63) is 71.8 Å². The van der Waals surface area contributed by atoms with E-state index < -0.39 is 24.0 Å². The van der Waals surface area contributed by atoms with Crippen LogP contribution in [0.25, 0.3) is 5.76 Å². The molecule has 2 atom stereocenters. The van der Waals surface area contributed by atoms with Gasteiger partial charge < -0.3 is 24.6 Å². The quantitative estimate of drug-likeness (QED) is 0.676. The van der Waals surface area contributed by atoms with Gasteiger partial charge in [-0.05, 0) is 23.8 Å². The van der Waals surface area contributed by atoms with E-state index in [9.17, 15) is 14.7 Å². The fourth-order valence-electron chi connectivity index (χ4n) is 2.89. The highest BCUT2D eigenvalue weighted by Crippen LogP contribution is 2.28. The van der Waals surface area contributed by atoms with Gasteiger partial charge in [-0.2, -0.15) is 0 Å². The third-order valence-electron chi connectivity index (χ3n) is 4.44. The van der Waals surface area contributed by atoms with Crippen molar-refractivity contribution >= 4 is 17.6 Å². The molecule has 7 heteroatoms. The molecule has 1 aliphatic heterocycles. The van der Waals surface area contributed by atoms with E-state index in [1.165, 1.54) is 0 Å². The van der Waals surface area contributed by atoms with Gasteiger partial charge in [-0.15, -0.1) is 0 Å². The smallest absolute Gasteiger partial charge is 0.328 e. The lowest BCUT2D eigenvalue weighted by atomic mass is 10.1. The molecule has 152 valence electrons. The minimum Gasteiger partial charge on any atom is -0.497 e. The minimum atomic E-state index is -1.16. The molecule has 2 aromatic rings. The van der Waals surface area contributed by atoms with Crippen LogP contribution < -0.4 is 10.1 Å². The molecule has 1 heterocycles. The first kappa shape index (κ1) is 20.4. The number of carboxylic acids is 1. The van der Waals surface area contributed by atoms with Gasteiger partial charge in [-0.3, -0.25) is 4.79 Å². The first-order valence-corrected chi connectivity index (χ1v) is 9.23. The van der Waals surface area contributed by atoms with E-state index in [1.54, 1.807) is 13.2 Å². The summed E-state index contributed by atoms with van der Waals surface area (Å²) < 4.78 is 16.4. The van der Waals surface area contributed by atoms with E-state index in [2.05, 4.69) is 5.32 Å². The Bertz CT molecular complexity index is 880. The normalized spacial score (nSPS) is 16.4. The van der Waals surface area contributed by atoms with Crippen LogP contribution in [0.4, 0.5) is 0 Å². The Hall–Kier alpha value is -3.32. The lowest BCUT2D eigenvalue weighted by Crippen LogP contribution is -2.47. The van der Waals surface area contributed by atoms with Crippen molar-refractivity contribution < 1.29 is 28.9 Å². The Morgan fingerprint density at radius 1 is 1.21 bits per heavy atom. The standard InChI is InChI=1S/C22H23NO6/c1-27-17-9-5-8-16(12-17)19-10-11-20(29-19)21(24)23-18(22(25)26)14-28-13-15-6-3-2-4-7-15/h2-10,12,18,20H,11,13-14H2,1H3,(H,23,24)(H,25,26). The second-order valence-electron chi connectivity index (χ2n) is 6.54. The largest absolute Gasteiger partial charge is 0.497 e. The van der Waals surface area contributed by atoms with Gasteiger partial charge in [-0.25, -0.2) is 4.79 Å². The predicted octanol–water partition coefficient (Wildman–Crippen LogP) is 2.61. The summed E-state index contributed by atoms with van der Waals surface area (Å²) in [6.45, 7) is 0.126. The van der Waals surface area contributed by atoms with E-state index in [0.29, 0.717) is 17.9 Å². The topological polar surface area (TPSA) is 94.1 Å². The summed E-state index contributed by atoms with van der Waals surface area (Å²) in [5.74, 6) is -0.405. The van der Waals surface area contributed by atoms with Gasteiger partial charge in [0.25, 0.3) is 5.91 Å². The van der Waals surface area contributed by atoms with Crippen LogP contribution >= 0.6 is 0 Å². The SMILES string of the molecule is COc1cccc(C2=CCC(C(=O)NC(COCc3ccccc3)C(=O)O)O2)c1. The van der Waals surface area contributed by atoms with Gasteiger partial charge in [0.15, 0.2) is 12.1 Å². The number of ether oxygens (including phenoxy) is 3. The fraction of sp³-hybridized carbons (Fsp3) is 0.273. The van der Waals surface area contributed by atoms with Crippen LogP contribution in [0.3, 0.4) is 0 Å². The number of carbonyl (C=O) groups is 2. The van der Waals surface area contributed by atoms with Gasteiger partial charge in [0.2, 0.25) is 0 Å². The summed E-state index contributed by atoms with van der Waals surface area (Å²) >= 11 is 0. The summed E-state index contributed by atoms with van der Waals surface area (Å²) in [6.07, 6.45) is 1.38. The monoisotopic (exact) mass is 397 g/mol. The molecule has 2 unspecified atom stereocenters. The Kier molecular flexibility index (Phi) is 6.86. The van der Waals surface area contributed by atoms with E-state index in [-0.39, 0.29) is 13.2 Å². The van der Waals surface area contributed by atoms with E-state index in [0.717, 1.165) is 11.1 Å². The molecule has 0 aromatic heterocycles. The number of benzene rings is 2. The Balaban J connectivity index is 1.52. The number of nitrogens with one attached hydrogen (secondary N) is 1. The molecule has 7 nitrogen and oxygen atoms in total. The molecule has 0 spiro atoms. The number of methoxy groups -OCH3 is 1. The first-order valence-electron chi connectivity index (χ1n) is 9.23. The van der Waals surface area contributed by atoms with Crippen LogP contribution in [0.15, 0.2) is 60.7 Å². The molecule has 0 aliphatic carbocycles. The number of hydrogen-bond donors (Lipinski definition) is 2. The van der Waals surface area contributed by atoms with Gasteiger partial charge in [0, 0.05) is 12.0 Å². The third kappa shape index (κ3) is 5.58. The fourth-order valence-corrected chi connectivity index (χ4v) is 2.89. The molecular formula is C22H23NO6. The first-order chi connectivity index (χ1) is 14.1. The molecular weight excluding hydrogens is 374 g/mol. The van der Waals surface area contributed by atoms with Crippen molar-refractivity contribution in [1.82, 2.24) is 5.32 Å². The second-order valence-corrected chi connectivity index (χ2v) is 6.54. The number of amides is 1. The van der Waals surface area contributed by atoms with Gasteiger partial charge in [-0.1, -0.05) is 42.5 Å². The molecule has 0 saturated carbocycles. The van der Waals surface area contributed by atoms with Gasteiger partial charge in [0.1, 0.15) is 11.5 Å². The average molecular weight is 397 g/mol. The molecule has 0 radical (unpaired) electrons. The van der Waals surface area contributed by atoms with Crippen molar-refractivity contribution in [2.24, 2.45) is 0 Å². The molecule has 1 aliphatic rings. The molecule has 0 bridgehead atoms. The van der Waals surface area contributed by atoms with Crippen LogP contribution in [0, 0.1) is 0 Å². The summed E-state index contributed by atoms with van der Waals surface area (Å²) in [5.41, 5.74) is 1.72. The van der Waals surface area contributed by atoms with Crippen molar-refractivity contribution in [1.29, 1.82) is 0 Å². The summed E-state index contributed by atoms with van der Waals surface area (Å²) in [7, 11) is 1.57. The molecule has 1 amide bonds. The van der Waals surface area contributed by atoms with Crippen molar-refractivity contribution in [3.8, 4) is 5.75 Å². The van der Waals surface area contributed by atoms with Crippen LogP contribution in [-0.2, 0) is 25.7 Å². The number of rotatable bonds is 9. The van der Waals surface area contributed by atoms with Crippen molar-refractivity contribution in [3.63, 3.8) is 0 Å². The summed E-state index contributed by atoms with van der Waals surface area (Å²) in [4.78, 5) is 24.0. The van der Waals surface area contributed by atoms with E-state index >= 15 is 0 Å². The van der Waals surface area contributed by atoms with Crippen LogP contribution in [-0.4, -0.2) is 42.8 Å². The van der Waals surface area contributed by atoms with Crippen LogP contribution in [0.1, 0.15) is 17.5 Å². The highest BCUT2D eigenvalue weighted by atomic mass is 16.5.